The normalized spacial score (nSPS) is 13.2. The first-order valence-corrected chi connectivity index (χ1v) is 11.4. The van der Waals surface area contributed by atoms with Crippen LogP contribution in [-0.2, 0) is 5.54 Å². The number of nitrogens with zero attached hydrogens (tertiary/aromatic N) is 1. The molecular formula is C30H31NO. The van der Waals surface area contributed by atoms with Crippen molar-refractivity contribution in [2.75, 3.05) is 4.90 Å². The van der Waals surface area contributed by atoms with E-state index in [9.17, 15) is 4.79 Å². The fraction of sp³-hybridized carbons (Fsp3) is 0.167. The Hall–Kier alpha value is -3.65. The summed E-state index contributed by atoms with van der Waals surface area (Å²) in [6, 6.07) is 38.5. The van der Waals surface area contributed by atoms with Gasteiger partial charge < -0.3 is 0 Å². The molecular weight excluding hydrogens is 390 g/mol. The number of para-hydroxylation sites is 1. The van der Waals surface area contributed by atoms with Gasteiger partial charge in [-0.05, 0) is 34.9 Å². The van der Waals surface area contributed by atoms with E-state index in [0.717, 1.165) is 27.9 Å². The summed E-state index contributed by atoms with van der Waals surface area (Å²) < 4.78 is 0. The van der Waals surface area contributed by atoms with Crippen molar-refractivity contribution < 1.29 is 4.79 Å². The van der Waals surface area contributed by atoms with Crippen molar-refractivity contribution in [3.8, 4) is 0 Å². The van der Waals surface area contributed by atoms with Crippen LogP contribution in [-0.4, -0.2) is 5.91 Å². The Morgan fingerprint density at radius 3 is 1.44 bits per heavy atom. The van der Waals surface area contributed by atoms with Gasteiger partial charge in [-0.3, -0.25) is 9.69 Å². The second kappa shape index (κ2) is 10.6. The number of hydrogen-bond acceptors (Lipinski definition) is 1. The van der Waals surface area contributed by atoms with E-state index >= 15 is 0 Å². The van der Waals surface area contributed by atoms with E-state index in [0.29, 0.717) is 0 Å². The van der Waals surface area contributed by atoms with E-state index in [2.05, 4.69) is 30.3 Å². The molecule has 32 heavy (non-hydrogen) atoms. The lowest BCUT2D eigenvalue weighted by Crippen LogP contribution is -2.46. The Bertz CT molecular complexity index is 1080. The van der Waals surface area contributed by atoms with Gasteiger partial charge in [0.05, 0.1) is 0 Å². The Kier molecular flexibility index (Phi) is 7.62. The van der Waals surface area contributed by atoms with Gasteiger partial charge in [0.15, 0.2) is 0 Å². The summed E-state index contributed by atoms with van der Waals surface area (Å²) in [6.45, 7) is 8.00. The van der Waals surface area contributed by atoms with E-state index in [1.807, 2.05) is 118 Å². The summed E-state index contributed by atoms with van der Waals surface area (Å²) in [5.74, 6) is 0.0227. The lowest BCUT2D eigenvalue weighted by Gasteiger charge is -2.40. The third kappa shape index (κ3) is 3.73. The molecule has 4 aromatic carbocycles. The zero-order chi connectivity index (χ0) is 23.0. The van der Waals surface area contributed by atoms with Crippen LogP contribution in [0.25, 0.3) is 0 Å². The minimum Gasteiger partial charge on any atom is -0.290 e. The molecule has 1 aliphatic heterocycles. The molecule has 0 atom stereocenters. The summed E-state index contributed by atoms with van der Waals surface area (Å²) in [5, 5.41) is 0. The highest BCUT2D eigenvalue weighted by atomic mass is 16.2. The van der Waals surface area contributed by atoms with Crippen molar-refractivity contribution in [3.05, 3.63) is 138 Å². The van der Waals surface area contributed by atoms with Gasteiger partial charge in [-0.2, -0.15) is 0 Å². The number of hydrogen-bond donors (Lipinski definition) is 0. The summed E-state index contributed by atoms with van der Waals surface area (Å²) in [6.07, 6.45) is 0. The van der Waals surface area contributed by atoms with Gasteiger partial charge in [0.25, 0.3) is 5.91 Å². The molecule has 4 aromatic rings. The molecule has 1 amide bonds. The molecule has 0 spiro atoms. The molecule has 0 aliphatic carbocycles. The van der Waals surface area contributed by atoms with Crippen LogP contribution in [0.15, 0.2) is 115 Å². The van der Waals surface area contributed by atoms with Crippen LogP contribution in [0.4, 0.5) is 5.69 Å². The number of amides is 1. The first kappa shape index (κ1) is 23.0. The van der Waals surface area contributed by atoms with Gasteiger partial charge in [-0.25, -0.2) is 0 Å². The second-order valence-corrected chi connectivity index (χ2v) is 6.96. The highest BCUT2D eigenvalue weighted by molar-refractivity contribution is 6.13. The van der Waals surface area contributed by atoms with E-state index in [1.165, 1.54) is 0 Å². The van der Waals surface area contributed by atoms with Crippen LogP contribution in [0.1, 0.15) is 54.7 Å². The monoisotopic (exact) mass is 421 g/mol. The van der Waals surface area contributed by atoms with Crippen LogP contribution in [0.2, 0.25) is 0 Å². The van der Waals surface area contributed by atoms with Crippen LogP contribution in [0.5, 0.6) is 0 Å². The maximum absolute atomic E-state index is 13.7. The Morgan fingerprint density at radius 2 is 0.938 bits per heavy atom. The molecule has 0 N–H and O–H groups in total. The van der Waals surface area contributed by atoms with Gasteiger partial charge in [-0.15, -0.1) is 0 Å². The fourth-order valence-electron chi connectivity index (χ4n) is 4.36. The molecule has 5 rings (SSSR count). The molecule has 162 valence electrons. The molecule has 0 bridgehead atoms. The largest absolute Gasteiger partial charge is 0.290 e. The molecule has 0 aromatic heterocycles. The standard InChI is InChI=1S/C26H19NO.2C2H6/c28-25-23-18-10-11-19-24(23)26(20-12-4-1-5-13-20,21-14-6-2-7-15-21)27(25)22-16-8-3-9-17-22;2*1-2/h1-19H;2*1-2H3. The number of fused-ring (bicyclic) bond motifs is 1. The van der Waals surface area contributed by atoms with Crippen LogP contribution in [0.3, 0.4) is 0 Å². The van der Waals surface area contributed by atoms with Crippen LogP contribution in [0, 0.1) is 0 Å². The topological polar surface area (TPSA) is 20.3 Å². The smallest absolute Gasteiger partial charge is 0.260 e. The van der Waals surface area contributed by atoms with Crippen LogP contribution >= 0.6 is 0 Å². The second-order valence-electron chi connectivity index (χ2n) is 6.96. The predicted octanol–water partition coefficient (Wildman–Crippen LogP) is 7.69. The average molecular weight is 422 g/mol. The number of rotatable bonds is 3. The number of anilines is 1. The molecule has 2 heteroatoms. The molecule has 0 fully saturated rings. The van der Waals surface area contributed by atoms with Gasteiger partial charge in [0.2, 0.25) is 0 Å². The number of carbonyl (C=O) groups excluding carboxylic acids is 1. The van der Waals surface area contributed by atoms with Crippen molar-refractivity contribution in [1.29, 1.82) is 0 Å². The quantitative estimate of drug-likeness (QED) is 0.332. The summed E-state index contributed by atoms with van der Waals surface area (Å²) in [4.78, 5) is 15.6. The first-order valence-electron chi connectivity index (χ1n) is 11.4. The van der Waals surface area contributed by atoms with Gasteiger partial charge >= 0.3 is 0 Å². The van der Waals surface area contributed by atoms with Crippen molar-refractivity contribution >= 4 is 11.6 Å². The van der Waals surface area contributed by atoms with Gasteiger partial charge in [-0.1, -0.05) is 125 Å². The zero-order valence-electron chi connectivity index (χ0n) is 19.3. The van der Waals surface area contributed by atoms with Crippen molar-refractivity contribution in [3.63, 3.8) is 0 Å². The highest BCUT2D eigenvalue weighted by Gasteiger charge is 2.52. The predicted molar refractivity (Wildman–Crippen MR) is 135 cm³/mol. The maximum atomic E-state index is 13.7. The summed E-state index contributed by atoms with van der Waals surface area (Å²) >= 11 is 0. The number of carbonyl (C=O) groups is 1. The fourth-order valence-corrected chi connectivity index (χ4v) is 4.36. The van der Waals surface area contributed by atoms with Gasteiger partial charge in [0, 0.05) is 11.3 Å². The minimum atomic E-state index is -0.711. The number of benzene rings is 4. The average Bonchev–Trinajstić information content (AvgIpc) is 3.17. The minimum absolute atomic E-state index is 0.0227. The van der Waals surface area contributed by atoms with Crippen molar-refractivity contribution in [1.82, 2.24) is 0 Å². The zero-order valence-corrected chi connectivity index (χ0v) is 19.3. The molecule has 1 aliphatic rings. The third-order valence-corrected chi connectivity index (χ3v) is 5.48. The molecule has 0 radical (unpaired) electrons. The summed E-state index contributed by atoms with van der Waals surface area (Å²) in [5.41, 5.74) is 4.08. The van der Waals surface area contributed by atoms with E-state index in [4.69, 9.17) is 0 Å². The molecule has 2 nitrogen and oxygen atoms in total. The lowest BCUT2D eigenvalue weighted by molar-refractivity contribution is 0.0986. The SMILES string of the molecule is CC.CC.O=C1c2ccccc2C(c2ccccc2)(c2ccccc2)N1c1ccccc1. The first-order chi connectivity index (χ1) is 15.8. The van der Waals surface area contributed by atoms with E-state index in [1.54, 1.807) is 0 Å². The Morgan fingerprint density at radius 1 is 0.531 bits per heavy atom. The molecule has 1 heterocycles. The van der Waals surface area contributed by atoms with Crippen molar-refractivity contribution in [2.24, 2.45) is 0 Å². The Labute approximate surface area is 192 Å². The summed E-state index contributed by atoms with van der Waals surface area (Å²) in [7, 11) is 0. The molecule has 0 saturated heterocycles. The van der Waals surface area contributed by atoms with E-state index < -0.39 is 5.54 Å². The van der Waals surface area contributed by atoms with Gasteiger partial charge in [0.1, 0.15) is 5.54 Å². The van der Waals surface area contributed by atoms with Crippen LogP contribution < -0.4 is 4.90 Å². The maximum Gasteiger partial charge on any atom is 0.260 e. The molecule has 0 saturated carbocycles. The van der Waals surface area contributed by atoms with Crippen molar-refractivity contribution in [2.45, 2.75) is 33.2 Å². The lowest BCUT2D eigenvalue weighted by atomic mass is 9.77. The Balaban J connectivity index is 0.000000686. The third-order valence-electron chi connectivity index (χ3n) is 5.48. The van der Waals surface area contributed by atoms with E-state index in [-0.39, 0.29) is 5.91 Å². The molecule has 0 unspecified atom stereocenters. The highest BCUT2D eigenvalue weighted by Crippen LogP contribution is 2.50.